The molecule has 2 amide bonds. The topological polar surface area (TPSA) is 49.4 Å². The molecule has 0 saturated carbocycles. The maximum absolute atomic E-state index is 11.8. The molecule has 1 aromatic carbocycles. The molecule has 2 rings (SSSR count). The zero-order chi connectivity index (χ0) is 12.3. The van der Waals surface area contributed by atoms with Crippen LogP contribution in [0.3, 0.4) is 0 Å². The Labute approximate surface area is 101 Å². The van der Waals surface area contributed by atoms with Crippen LogP contribution in [0.2, 0.25) is 0 Å². The van der Waals surface area contributed by atoms with Crippen molar-refractivity contribution in [2.45, 2.75) is 19.9 Å². The van der Waals surface area contributed by atoms with Crippen molar-refractivity contribution in [2.24, 2.45) is 0 Å². The summed E-state index contributed by atoms with van der Waals surface area (Å²) < 4.78 is 0. The monoisotopic (exact) mass is 232 g/mol. The highest BCUT2D eigenvalue weighted by molar-refractivity contribution is 5.87. The number of carbonyl (C=O) groups is 2. The molecule has 0 aliphatic carbocycles. The molecule has 4 nitrogen and oxygen atoms in total. The molecule has 90 valence electrons. The van der Waals surface area contributed by atoms with E-state index >= 15 is 0 Å². The number of nitrogens with one attached hydrogen (secondary N) is 1. The highest BCUT2D eigenvalue weighted by Crippen LogP contribution is 2.09. The van der Waals surface area contributed by atoms with E-state index in [1.807, 2.05) is 25.1 Å². The SMILES string of the molecule is Cc1cccc(CN2CCC(=O)NCC2=O)c1. The van der Waals surface area contributed by atoms with E-state index in [2.05, 4.69) is 11.4 Å². The molecule has 0 spiro atoms. The third kappa shape index (κ3) is 3.06. The van der Waals surface area contributed by atoms with Gasteiger partial charge in [-0.1, -0.05) is 29.8 Å². The minimum Gasteiger partial charge on any atom is -0.347 e. The Hall–Kier alpha value is -1.84. The quantitative estimate of drug-likeness (QED) is 0.821. The van der Waals surface area contributed by atoms with Crippen LogP contribution < -0.4 is 5.32 Å². The van der Waals surface area contributed by atoms with Gasteiger partial charge in [-0.15, -0.1) is 0 Å². The fraction of sp³-hybridized carbons (Fsp3) is 0.385. The first-order chi connectivity index (χ1) is 8.15. The van der Waals surface area contributed by atoms with Crippen LogP contribution in [0.25, 0.3) is 0 Å². The molecule has 1 aliphatic rings. The summed E-state index contributed by atoms with van der Waals surface area (Å²) in [5.41, 5.74) is 2.28. The molecular weight excluding hydrogens is 216 g/mol. The number of rotatable bonds is 2. The summed E-state index contributed by atoms with van der Waals surface area (Å²) in [6, 6.07) is 8.07. The lowest BCUT2D eigenvalue weighted by molar-refractivity contribution is -0.130. The van der Waals surface area contributed by atoms with Crippen molar-refractivity contribution in [3.63, 3.8) is 0 Å². The molecule has 0 bridgehead atoms. The third-order valence-corrected chi connectivity index (χ3v) is 2.85. The van der Waals surface area contributed by atoms with E-state index in [4.69, 9.17) is 0 Å². The fourth-order valence-electron chi connectivity index (χ4n) is 1.93. The van der Waals surface area contributed by atoms with Crippen molar-refractivity contribution in [3.05, 3.63) is 35.4 Å². The van der Waals surface area contributed by atoms with Crippen LogP contribution in [-0.4, -0.2) is 29.8 Å². The fourth-order valence-corrected chi connectivity index (χ4v) is 1.93. The summed E-state index contributed by atoms with van der Waals surface area (Å²) in [4.78, 5) is 24.7. The van der Waals surface area contributed by atoms with Crippen LogP contribution in [-0.2, 0) is 16.1 Å². The second-order valence-corrected chi connectivity index (χ2v) is 4.33. The predicted octanol–water partition coefficient (Wildman–Crippen LogP) is 0.844. The average molecular weight is 232 g/mol. The molecule has 1 saturated heterocycles. The zero-order valence-corrected chi connectivity index (χ0v) is 9.90. The summed E-state index contributed by atoms with van der Waals surface area (Å²) in [5, 5.41) is 2.59. The van der Waals surface area contributed by atoms with Gasteiger partial charge in [-0.3, -0.25) is 9.59 Å². The van der Waals surface area contributed by atoms with Gasteiger partial charge in [0.05, 0.1) is 6.54 Å². The Morgan fingerprint density at radius 3 is 2.94 bits per heavy atom. The molecule has 1 heterocycles. The smallest absolute Gasteiger partial charge is 0.242 e. The maximum Gasteiger partial charge on any atom is 0.242 e. The molecule has 1 aromatic rings. The Morgan fingerprint density at radius 1 is 1.35 bits per heavy atom. The van der Waals surface area contributed by atoms with Crippen LogP contribution in [0.4, 0.5) is 0 Å². The van der Waals surface area contributed by atoms with Crippen LogP contribution >= 0.6 is 0 Å². The van der Waals surface area contributed by atoms with Crippen molar-refractivity contribution in [1.29, 1.82) is 0 Å². The van der Waals surface area contributed by atoms with E-state index < -0.39 is 0 Å². The van der Waals surface area contributed by atoms with Crippen LogP contribution in [0.15, 0.2) is 24.3 Å². The number of aryl methyl sites for hydroxylation is 1. The van der Waals surface area contributed by atoms with Crippen molar-refractivity contribution < 1.29 is 9.59 Å². The van der Waals surface area contributed by atoms with Crippen LogP contribution in [0.1, 0.15) is 17.5 Å². The Bertz CT molecular complexity index is 443. The Kier molecular flexibility index (Phi) is 3.42. The van der Waals surface area contributed by atoms with E-state index in [9.17, 15) is 9.59 Å². The van der Waals surface area contributed by atoms with E-state index in [0.717, 1.165) is 5.56 Å². The zero-order valence-electron chi connectivity index (χ0n) is 9.90. The van der Waals surface area contributed by atoms with Crippen molar-refractivity contribution in [2.75, 3.05) is 13.1 Å². The van der Waals surface area contributed by atoms with Gasteiger partial charge in [-0.05, 0) is 12.5 Å². The number of benzene rings is 1. The summed E-state index contributed by atoms with van der Waals surface area (Å²) in [5.74, 6) is -0.0672. The molecule has 0 radical (unpaired) electrons. The lowest BCUT2D eigenvalue weighted by Crippen LogP contribution is -2.34. The van der Waals surface area contributed by atoms with Gasteiger partial charge in [-0.2, -0.15) is 0 Å². The second kappa shape index (κ2) is 4.99. The summed E-state index contributed by atoms with van der Waals surface area (Å²) in [7, 11) is 0. The molecule has 0 unspecified atom stereocenters. The summed E-state index contributed by atoms with van der Waals surface area (Å²) >= 11 is 0. The minimum atomic E-state index is -0.0508. The minimum absolute atomic E-state index is 0.0163. The summed E-state index contributed by atoms with van der Waals surface area (Å²) in [6.45, 7) is 3.22. The van der Waals surface area contributed by atoms with E-state index in [-0.39, 0.29) is 18.4 Å². The molecule has 0 aromatic heterocycles. The van der Waals surface area contributed by atoms with Gasteiger partial charge in [0.1, 0.15) is 0 Å². The van der Waals surface area contributed by atoms with Crippen molar-refractivity contribution in [3.8, 4) is 0 Å². The second-order valence-electron chi connectivity index (χ2n) is 4.33. The number of nitrogens with zero attached hydrogens (tertiary/aromatic N) is 1. The van der Waals surface area contributed by atoms with Gasteiger partial charge in [0, 0.05) is 19.5 Å². The van der Waals surface area contributed by atoms with Gasteiger partial charge in [0.2, 0.25) is 11.8 Å². The maximum atomic E-state index is 11.8. The highest BCUT2D eigenvalue weighted by Gasteiger charge is 2.19. The van der Waals surface area contributed by atoms with Crippen LogP contribution in [0, 0.1) is 6.92 Å². The molecule has 1 N–H and O–H groups in total. The molecule has 0 atom stereocenters. The van der Waals surface area contributed by atoms with Crippen molar-refractivity contribution >= 4 is 11.8 Å². The Balaban J connectivity index is 2.07. The molecule has 17 heavy (non-hydrogen) atoms. The summed E-state index contributed by atoms with van der Waals surface area (Å²) in [6.07, 6.45) is 0.386. The first kappa shape index (κ1) is 11.6. The highest BCUT2D eigenvalue weighted by atomic mass is 16.2. The van der Waals surface area contributed by atoms with E-state index in [1.54, 1.807) is 4.90 Å². The number of amides is 2. The normalized spacial score (nSPS) is 16.6. The molecule has 4 heteroatoms. The predicted molar refractivity (Wildman–Crippen MR) is 64.2 cm³/mol. The first-order valence-electron chi connectivity index (χ1n) is 5.75. The van der Waals surface area contributed by atoms with Gasteiger partial charge < -0.3 is 10.2 Å². The molecular formula is C13H16N2O2. The molecule has 1 fully saturated rings. The van der Waals surface area contributed by atoms with Gasteiger partial charge in [0.15, 0.2) is 0 Å². The van der Waals surface area contributed by atoms with Crippen molar-refractivity contribution in [1.82, 2.24) is 10.2 Å². The number of hydrogen-bond donors (Lipinski definition) is 1. The average Bonchev–Trinajstić information content (AvgIpc) is 2.45. The number of hydrogen-bond acceptors (Lipinski definition) is 2. The van der Waals surface area contributed by atoms with Crippen LogP contribution in [0.5, 0.6) is 0 Å². The van der Waals surface area contributed by atoms with E-state index in [0.29, 0.717) is 19.5 Å². The van der Waals surface area contributed by atoms with E-state index in [1.165, 1.54) is 5.56 Å². The first-order valence-corrected chi connectivity index (χ1v) is 5.75. The third-order valence-electron chi connectivity index (χ3n) is 2.85. The van der Waals surface area contributed by atoms with Gasteiger partial charge >= 0.3 is 0 Å². The molecule has 1 aliphatic heterocycles. The lowest BCUT2D eigenvalue weighted by atomic mass is 10.1. The standard InChI is InChI=1S/C13H16N2O2/c1-10-3-2-4-11(7-10)9-15-6-5-12(16)14-8-13(15)17/h2-4,7H,5-6,8-9H2,1H3,(H,14,16). The largest absolute Gasteiger partial charge is 0.347 e. The number of carbonyl (C=O) groups excluding carboxylic acids is 2. The lowest BCUT2D eigenvalue weighted by Gasteiger charge is -2.19. The van der Waals surface area contributed by atoms with Gasteiger partial charge in [-0.25, -0.2) is 0 Å². The Morgan fingerprint density at radius 2 is 2.18 bits per heavy atom. The van der Waals surface area contributed by atoms with Gasteiger partial charge in [0.25, 0.3) is 0 Å².